The Balaban J connectivity index is 3.71. The van der Waals surface area contributed by atoms with Gasteiger partial charge in [0.15, 0.2) is 0 Å². The SMILES string of the molecule is CCNC(C)C(CC)CCOCC(F)(F)F. The zero-order valence-corrected chi connectivity index (χ0v) is 10.2. The number of nitrogens with one attached hydrogen (secondary N) is 1. The highest BCUT2D eigenvalue weighted by molar-refractivity contribution is 4.70. The summed E-state index contributed by atoms with van der Waals surface area (Å²) in [5.41, 5.74) is 0. The summed E-state index contributed by atoms with van der Waals surface area (Å²) in [7, 11) is 0. The van der Waals surface area contributed by atoms with Crippen molar-refractivity contribution in [3.63, 3.8) is 0 Å². The third-order valence-electron chi connectivity index (χ3n) is 2.66. The Hall–Kier alpha value is -0.290. The first-order valence-electron chi connectivity index (χ1n) is 5.78. The molecule has 1 N–H and O–H groups in total. The Labute approximate surface area is 95.5 Å². The van der Waals surface area contributed by atoms with E-state index in [4.69, 9.17) is 0 Å². The molecular weight excluding hydrogens is 219 g/mol. The molecule has 0 aliphatic heterocycles. The van der Waals surface area contributed by atoms with Gasteiger partial charge in [-0.05, 0) is 25.8 Å². The number of hydrogen-bond donors (Lipinski definition) is 1. The summed E-state index contributed by atoms with van der Waals surface area (Å²) in [5, 5.41) is 3.28. The molecule has 0 aromatic rings. The molecule has 0 rings (SSSR count). The zero-order chi connectivity index (χ0) is 12.6. The zero-order valence-electron chi connectivity index (χ0n) is 10.2. The number of ether oxygens (including phenoxy) is 1. The fourth-order valence-electron chi connectivity index (χ4n) is 1.72. The second-order valence-corrected chi connectivity index (χ2v) is 3.97. The topological polar surface area (TPSA) is 21.3 Å². The first-order valence-corrected chi connectivity index (χ1v) is 5.78. The van der Waals surface area contributed by atoms with E-state index in [0.717, 1.165) is 13.0 Å². The van der Waals surface area contributed by atoms with Crippen LogP contribution in [0.1, 0.15) is 33.6 Å². The van der Waals surface area contributed by atoms with Crippen LogP contribution in [-0.2, 0) is 4.74 Å². The summed E-state index contributed by atoms with van der Waals surface area (Å²) in [6.45, 7) is 6.03. The molecule has 0 heterocycles. The average molecular weight is 241 g/mol. The van der Waals surface area contributed by atoms with E-state index in [0.29, 0.717) is 18.4 Å². The van der Waals surface area contributed by atoms with Crippen LogP contribution < -0.4 is 5.32 Å². The van der Waals surface area contributed by atoms with Crippen LogP contribution in [0, 0.1) is 5.92 Å². The highest BCUT2D eigenvalue weighted by atomic mass is 19.4. The lowest BCUT2D eigenvalue weighted by Crippen LogP contribution is -2.33. The monoisotopic (exact) mass is 241 g/mol. The van der Waals surface area contributed by atoms with E-state index in [1.54, 1.807) is 0 Å². The molecule has 0 aromatic heterocycles. The summed E-state index contributed by atoms with van der Waals surface area (Å²) in [4.78, 5) is 0. The smallest absolute Gasteiger partial charge is 0.372 e. The van der Waals surface area contributed by atoms with Crippen molar-refractivity contribution in [2.45, 2.75) is 45.8 Å². The fraction of sp³-hybridized carbons (Fsp3) is 1.00. The molecule has 0 fully saturated rings. The van der Waals surface area contributed by atoms with Crippen LogP contribution in [-0.4, -0.2) is 32.0 Å². The fourth-order valence-corrected chi connectivity index (χ4v) is 1.72. The molecule has 0 saturated heterocycles. The maximum absolute atomic E-state index is 11.8. The van der Waals surface area contributed by atoms with Crippen molar-refractivity contribution >= 4 is 0 Å². The van der Waals surface area contributed by atoms with E-state index < -0.39 is 12.8 Å². The number of alkyl halides is 3. The van der Waals surface area contributed by atoms with Gasteiger partial charge in [-0.2, -0.15) is 13.2 Å². The van der Waals surface area contributed by atoms with Crippen molar-refractivity contribution in [2.75, 3.05) is 19.8 Å². The van der Waals surface area contributed by atoms with Crippen molar-refractivity contribution in [3.8, 4) is 0 Å². The molecule has 2 nitrogen and oxygen atoms in total. The predicted molar refractivity (Wildman–Crippen MR) is 58.4 cm³/mol. The molecule has 0 radical (unpaired) electrons. The number of hydrogen-bond acceptors (Lipinski definition) is 2. The quantitative estimate of drug-likeness (QED) is 0.660. The van der Waals surface area contributed by atoms with E-state index in [1.807, 2.05) is 13.8 Å². The van der Waals surface area contributed by atoms with Gasteiger partial charge in [-0.15, -0.1) is 0 Å². The minimum absolute atomic E-state index is 0.174. The lowest BCUT2D eigenvalue weighted by molar-refractivity contribution is -0.174. The van der Waals surface area contributed by atoms with Gasteiger partial charge in [-0.1, -0.05) is 20.3 Å². The van der Waals surface area contributed by atoms with E-state index >= 15 is 0 Å². The van der Waals surface area contributed by atoms with Crippen molar-refractivity contribution in [2.24, 2.45) is 5.92 Å². The summed E-state index contributed by atoms with van der Waals surface area (Å²) >= 11 is 0. The highest BCUT2D eigenvalue weighted by Crippen LogP contribution is 2.17. The van der Waals surface area contributed by atoms with Gasteiger partial charge in [0.1, 0.15) is 6.61 Å². The molecule has 0 bridgehead atoms. The Morgan fingerprint density at radius 1 is 1.25 bits per heavy atom. The third-order valence-corrected chi connectivity index (χ3v) is 2.66. The molecule has 0 spiro atoms. The minimum atomic E-state index is -4.21. The van der Waals surface area contributed by atoms with Crippen LogP contribution in [0.3, 0.4) is 0 Å². The van der Waals surface area contributed by atoms with E-state index in [-0.39, 0.29) is 6.61 Å². The molecular formula is C11H22F3NO. The van der Waals surface area contributed by atoms with E-state index in [2.05, 4.69) is 17.0 Å². The van der Waals surface area contributed by atoms with Gasteiger partial charge in [0.2, 0.25) is 0 Å². The van der Waals surface area contributed by atoms with Gasteiger partial charge in [0.05, 0.1) is 0 Å². The van der Waals surface area contributed by atoms with Gasteiger partial charge in [-0.25, -0.2) is 0 Å². The third kappa shape index (κ3) is 7.93. The van der Waals surface area contributed by atoms with Gasteiger partial charge in [0.25, 0.3) is 0 Å². The van der Waals surface area contributed by atoms with Gasteiger partial charge in [0, 0.05) is 12.6 Å². The number of rotatable bonds is 8. The molecule has 5 heteroatoms. The summed E-state index contributed by atoms with van der Waals surface area (Å²) in [5.74, 6) is 0.369. The molecule has 16 heavy (non-hydrogen) atoms. The minimum Gasteiger partial charge on any atom is -0.372 e. The summed E-state index contributed by atoms with van der Waals surface area (Å²) < 4.78 is 40.0. The second kappa shape index (κ2) is 7.90. The Morgan fingerprint density at radius 2 is 1.88 bits per heavy atom. The van der Waals surface area contributed by atoms with Crippen LogP contribution >= 0.6 is 0 Å². The lowest BCUT2D eigenvalue weighted by atomic mass is 9.95. The molecule has 2 atom stereocenters. The molecule has 98 valence electrons. The van der Waals surface area contributed by atoms with E-state index in [1.165, 1.54) is 0 Å². The van der Waals surface area contributed by atoms with Crippen molar-refractivity contribution < 1.29 is 17.9 Å². The van der Waals surface area contributed by atoms with Gasteiger partial charge >= 0.3 is 6.18 Å². The van der Waals surface area contributed by atoms with Crippen LogP contribution in [0.15, 0.2) is 0 Å². The van der Waals surface area contributed by atoms with Crippen molar-refractivity contribution in [1.82, 2.24) is 5.32 Å². The van der Waals surface area contributed by atoms with Crippen LogP contribution in [0.4, 0.5) is 13.2 Å². The number of halogens is 3. The van der Waals surface area contributed by atoms with Crippen LogP contribution in [0.2, 0.25) is 0 Å². The van der Waals surface area contributed by atoms with Crippen molar-refractivity contribution in [3.05, 3.63) is 0 Å². The summed E-state index contributed by atoms with van der Waals surface area (Å²) in [6, 6.07) is 0.324. The molecule has 0 amide bonds. The standard InChI is InChI=1S/C11H22F3NO/c1-4-10(9(3)15-5-2)6-7-16-8-11(12,13)14/h9-10,15H,4-8H2,1-3H3. The van der Waals surface area contributed by atoms with E-state index in [9.17, 15) is 13.2 Å². The molecule has 0 aliphatic rings. The largest absolute Gasteiger partial charge is 0.411 e. The second-order valence-electron chi connectivity index (χ2n) is 3.97. The average Bonchev–Trinajstić information content (AvgIpc) is 2.16. The maximum Gasteiger partial charge on any atom is 0.411 e. The Bertz CT molecular complexity index is 173. The van der Waals surface area contributed by atoms with Gasteiger partial charge in [-0.3, -0.25) is 0 Å². The molecule has 0 aromatic carbocycles. The summed E-state index contributed by atoms with van der Waals surface area (Å²) in [6.07, 6.45) is -2.60. The molecule has 0 saturated carbocycles. The highest BCUT2D eigenvalue weighted by Gasteiger charge is 2.27. The predicted octanol–water partition coefficient (Wildman–Crippen LogP) is 2.98. The van der Waals surface area contributed by atoms with Gasteiger partial charge < -0.3 is 10.1 Å². The van der Waals surface area contributed by atoms with Crippen molar-refractivity contribution in [1.29, 1.82) is 0 Å². The molecule has 2 unspecified atom stereocenters. The molecule has 0 aliphatic carbocycles. The Kier molecular flexibility index (Phi) is 7.76. The van der Waals surface area contributed by atoms with Crippen LogP contribution in [0.25, 0.3) is 0 Å². The normalized spacial score (nSPS) is 16.1. The lowest BCUT2D eigenvalue weighted by Gasteiger charge is -2.23. The first-order chi connectivity index (χ1) is 7.40. The maximum atomic E-state index is 11.8. The Morgan fingerprint density at radius 3 is 2.31 bits per heavy atom. The first kappa shape index (κ1) is 15.7. The van der Waals surface area contributed by atoms with Crippen LogP contribution in [0.5, 0.6) is 0 Å².